The minimum absolute atomic E-state index is 0.119. The number of fused-ring (bicyclic) bond motifs is 3. The van der Waals surface area contributed by atoms with Gasteiger partial charge in [0.2, 0.25) is 0 Å². The molecule has 2 aliphatic carbocycles. The molecule has 7 unspecified atom stereocenters. The van der Waals surface area contributed by atoms with E-state index in [1.54, 1.807) is 0 Å². The fourth-order valence-corrected chi connectivity index (χ4v) is 4.43. The van der Waals surface area contributed by atoms with E-state index in [0.717, 1.165) is 32.1 Å². The Bertz CT molecular complexity index is 419. The van der Waals surface area contributed by atoms with Crippen LogP contribution in [0.25, 0.3) is 0 Å². The predicted octanol–water partition coefficient (Wildman–Crippen LogP) is 2.30. The van der Waals surface area contributed by atoms with Gasteiger partial charge in [-0.05, 0) is 43.9 Å². The number of rotatable bonds is 3. The molecule has 3 aliphatic heterocycles. The lowest BCUT2D eigenvalue weighted by Crippen LogP contribution is -2.66. The molecule has 0 amide bonds. The van der Waals surface area contributed by atoms with Gasteiger partial charge in [0.1, 0.15) is 0 Å². The van der Waals surface area contributed by atoms with Crippen LogP contribution in [0.1, 0.15) is 46.0 Å². The minimum atomic E-state index is -0.612. The van der Waals surface area contributed by atoms with Crippen LogP contribution in [0, 0.1) is 17.8 Å². The van der Waals surface area contributed by atoms with Crippen molar-refractivity contribution in [3.05, 3.63) is 0 Å². The third-order valence-corrected chi connectivity index (χ3v) is 6.10. The van der Waals surface area contributed by atoms with Crippen molar-refractivity contribution in [2.24, 2.45) is 17.8 Å². The first-order valence-electron chi connectivity index (χ1n) is 8.10. The Hall–Kier alpha value is -0.610. The monoisotopic (exact) mass is 280 g/mol. The molecule has 3 heterocycles. The molecular weight excluding hydrogens is 256 g/mol. The molecular formula is C16H24O4. The molecule has 7 atom stereocenters. The highest BCUT2D eigenvalue weighted by Crippen LogP contribution is 2.50. The molecule has 3 saturated heterocycles. The third kappa shape index (κ3) is 1.84. The zero-order chi connectivity index (χ0) is 13.9. The van der Waals surface area contributed by atoms with Crippen LogP contribution in [0.4, 0.5) is 0 Å². The molecule has 0 spiro atoms. The summed E-state index contributed by atoms with van der Waals surface area (Å²) in [5.41, 5.74) is -0.612. The summed E-state index contributed by atoms with van der Waals surface area (Å²) in [5, 5.41) is 0. The first-order chi connectivity index (χ1) is 9.60. The van der Waals surface area contributed by atoms with Crippen molar-refractivity contribution in [2.75, 3.05) is 6.61 Å². The van der Waals surface area contributed by atoms with Crippen LogP contribution in [-0.2, 0) is 19.0 Å². The van der Waals surface area contributed by atoms with Crippen molar-refractivity contribution < 1.29 is 19.0 Å². The van der Waals surface area contributed by atoms with Crippen molar-refractivity contribution >= 4 is 5.97 Å². The zero-order valence-electron chi connectivity index (χ0n) is 12.3. The molecule has 0 radical (unpaired) electrons. The molecule has 0 aromatic rings. The zero-order valence-corrected chi connectivity index (χ0v) is 12.3. The average molecular weight is 280 g/mol. The Morgan fingerprint density at radius 3 is 2.80 bits per heavy atom. The molecule has 5 aliphatic rings. The van der Waals surface area contributed by atoms with Crippen LogP contribution < -0.4 is 0 Å². The van der Waals surface area contributed by atoms with E-state index in [-0.39, 0.29) is 12.1 Å². The van der Waals surface area contributed by atoms with E-state index in [9.17, 15) is 4.79 Å². The van der Waals surface area contributed by atoms with Crippen molar-refractivity contribution in [2.45, 2.75) is 69.9 Å². The SMILES string of the molecule is CC1CC2OC2CC1COC(=O)C12CCCC(O1)C2C. The standard InChI is InChI=1S/C16H24O4/c1-9-6-13-14(19-13)7-11(9)8-18-15(17)16-5-3-4-12(20-16)10(16)2/h9-14H,3-8H2,1-2H3. The number of esters is 1. The second kappa shape index (κ2) is 4.44. The summed E-state index contributed by atoms with van der Waals surface area (Å²) in [6.07, 6.45) is 6.38. The largest absolute Gasteiger partial charge is 0.463 e. The van der Waals surface area contributed by atoms with E-state index in [1.165, 1.54) is 0 Å². The highest BCUT2D eigenvalue weighted by Gasteiger charge is 2.61. The number of epoxide rings is 1. The van der Waals surface area contributed by atoms with E-state index in [2.05, 4.69) is 13.8 Å². The first kappa shape index (κ1) is 13.1. The Morgan fingerprint density at radius 2 is 2.05 bits per heavy atom. The average Bonchev–Trinajstić information content (AvgIpc) is 3.21. The van der Waals surface area contributed by atoms with Gasteiger partial charge in [-0.1, -0.05) is 13.8 Å². The summed E-state index contributed by atoms with van der Waals surface area (Å²) < 4.78 is 17.1. The van der Waals surface area contributed by atoms with Crippen LogP contribution >= 0.6 is 0 Å². The van der Waals surface area contributed by atoms with Crippen LogP contribution in [0.15, 0.2) is 0 Å². The molecule has 5 rings (SSSR count). The quantitative estimate of drug-likeness (QED) is 0.588. The lowest BCUT2D eigenvalue weighted by Gasteiger charge is -2.55. The minimum Gasteiger partial charge on any atom is -0.463 e. The topological polar surface area (TPSA) is 48.1 Å². The summed E-state index contributed by atoms with van der Waals surface area (Å²) in [6, 6.07) is 0. The van der Waals surface area contributed by atoms with Gasteiger partial charge in [0.25, 0.3) is 0 Å². The summed E-state index contributed by atoms with van der Waals surface area (Å²) in [5.74, 6) is 1.24. The molecule has 4 heteroatoms. The van der Waals surface area contributed by atoms with Crippen molar-refractivity contribution in [3.63, 3.8) is 0 Å². The molecule has 2 bridgehead atoms. The molecule has 4 nitrogen and oxygen atoms in total. The van der Waals surface area contributed by atoms with Gasteiger partial charge in [-0.3, -0.25) is 0 Å². The summed E-state index contributed by atoms with van der Waals surface area (Å²) >= 11 is 0. The van der Waals surface area contributed by atoms with Crippen LogP contribution in [0.2, 0.25) is 0 Å². The Balaban J connectivity index is 1.34. The normalized spacial score (nSPS) is 52.7. The molecule has 0 N–H and O–H groups in total. The van der Waals surface area contributed by atoms with Crippen molar-refractivity contribution in [1.29, 1.82) is 0 Å². The van der Waals surface area contributed by atoms with Gasteiger partial charge < -0.3 is 14.2 Å². The molecule has 5 fully saturated rings. The maximum Gasteiger partial charge on any atom is 0.338 e. The molecule has 0 aromatic carbocycles. The molecule has 0 aromatic heterocycles. The number of hydrogen-bond acceptors (Lipinski definition) is 4. The van der Waals surface area contributed by atoms with Gasteiger partial charge >= 0.3 is 5.97 Å². The van der Waals surface area contributed by atoms with Crippen LogP contribution in [0.3, 0.4) is 0 Å². The fraction of sp³-hybridized carbons (Fsp3) is 0.938. The van der Waals surface area contributed by atoms with Gasteiger partial charge in [-0.15, -0.1) is 0 Å². The fourth-order valence-electron chi connectivity index (χ4n) is 4.43. The lowest BCUT2D eigenvalue weighted by molar-refractivity contribution is -0.281. The number of carbonyl (C=O) groups is 1. The number of hydrogen-bond donors (Lipinski definition) is 0. The number of carbonyl (C=O) groups excluding carboxylic acids is 1. The van der Waals surface area contributed by atoms with Gasteiger partial charge in [0.05, 0.1) is 24.9 Å². The number of ether oxygens (including phenoxy) is 3. The van der Waals surface area contributed by atoms with E-state index >= 15 is 0 Å². The van der Waals surface area contributed by atoms with E-state index in [1.807, 2.05) is 0 Å². The van der Waals surface area contributed by atoms with Gasteiger partial charge in [-0.2, -0.15) is 0 Å². The maximum atomic E-state index is 12.4. The summed E-state index contributed by atoms with van der Waals surface area (Å²) in [7, 11) is 0. The van der Waals surface area contributed by atoms with E-state index < -0.39 is 5.60 Å². The Labute approximate surface area is 120 Å². The highest BCUT2D eigenvalue weighted by atomic mass is 16.6. The van der Waals surface area contributed by atoms with Gasteiger partial charge in [0.15, 0.2) is 5.60 Å². The van der Waals surface area contributed by atoms with E-state index in [0.29, 0.717) is 36.6 Å². The van der Waals surface area contributed by atoms with E-state index in [4.69, 9.17) is 14.2 Å². The van der Waals surface area contributed by atoms with Crippen molar-refractivity contribution in [3.8, 4) is 0 Å². The second-order valence-electron chi connectivity index (χ2n) is 7.25. The Morgan fingerprint density at radius 1 is 1.25 bits per heavy atom. The summed E-state index contributed by atoms with van der Waals surface area (Å²) in [6.45, 7) is 4.91. The smallest absolute Gasteiger partial charge is 0.338 e. The van der Waals surface area contributed by atoms with Gasteiger partial charge in [0, 0.05) is 5.92 Å². The first-order valence-corrected chi connectivity index (χ1v) is 8.10. The molecule has 20 heavy (non-hydrogen) atoms. The molecule has 112 valence electrons. The third-order valence-electron chi connectivity index (χ3n) is 6.10. The van der Waals surface area contributed by atoms with Crippen LogP contribution in [0.5, 0.6) is 0 Å². The predicted molar refractivity (Wildman–Crippen MR) is 72.1 cm³/mol. The van der Waals surface area contributed by atoms with Crippen molar-refractivity contribution in [1.82, 2.24) is 0 Å². The molecule has 2 saturated carbocycles. The van der Waals surface area contributed by atoms with Gasteiger partial charge in [-0.25, -0.2) is 4.79 Å². The summed E-state index contributed by atoms with van der Waals surface area (Å²) in [4.78, 5) is 12.4. The maximum absolute atomic E-state index is 12.4. The second-order valence-corrected chi connectivity index (χ2v) is 7.25. The Kier molecular flexibility index (Phi) is 2.90. The highest BCUT2D eigenvalue weighted by molar-refractivity contribution is 5.81. The lowest BCUT2D eigenvalue weighted by atomic mass is 9.68. The van der Waals surface area contributed by atoms with Crippen LogP contribution in [-0.4, -0.2) is 36.5 Å².